The van der Waals surface area contributed by atoms with Gasteiger partial charge in [0.05, 0.1) is 13.2 Å². The SMILES string of the molecule is Cl.O=C(CC1COCCN1)NC1CCCN(c2ccc(OC(F)F)cc2)C1=O. The average molecular weight is 420 g/mol. The van der Waals surface area contributed by atoms with E-state index >= 15 is 0 Å². The van der Waals surface area contributed by atoms with Crippen LogP contribution in [-0.2, 0) is 14.3 Å². The second-order valence-electron chi connectivity index (χ2n) is 6.55. The number of halogens is 3. The van der Waals surface area contributed by atoms with Crippen LogP contribution in [0, 0.1) is 0 Å². The minimum atomic E-state index is -2.89. The van der Waals surface area contributed by atoms with Crippen LogP contribution in [0.25, 0.3) is 0 Å². The van der Waals surface area contributed by atoms with Crippen molar-refractivity contribution in [2.24, 2.45) is 0 Å². The number of carbonyl (C=O) groups is 2. The second-order valence-corrected chi connectivity index (χ2v) is 6.55. The topological polar surface area (TPSA) is 79.9 Å². The molecule has 2 aliphatic rings. The standard InChI is InChI=1S/C18H23F2N3O4.ClH/c19-18(20)27-14-5-3-13(4-6-14)23-8-1-2-15(17(23)25)22-16(24)10-12-11-26-9-7-21-12;/h3-6,12,15,18,21H,1-2,7-11H2,(H,22,24);1H. The summed E-state index contributed by atoms with van der Waals surface area (Å²) in [4.78, 5) is 26.5. The lowest BCUT2D eigenvalue weighted by molar-refractivity contribution is -0.129. The maximum absolute atomic E-state index is 12.7. The number of nitrogens with zero attached hydrogens (tertiary/aromatic N) is 1. The highest BCUT2D eigenvalue weighted by Gasteiger charge is 2.31. The highest BCUT2D eigenvalue weighted by molar-refractivity contribution is 6.00. The molecule has 2 saturated heterocycles. The van der Waals surface area contributed by atoms with Crippen LogP contribution in [0.4, 0.5) is 14.5 Å². The average Bonchev–Trinajstić information content (AvgIpc) is 2.65. The quantitative estimate of drug-likeness (QED) is 0.733. The first-order chi connectivity index (χ1) is 13.0. The number of amides is 2. The maximum Gasteiger partial charge on any atom is 0.387 e. The van der Waals surface area contributed by atoms with Crippen LogP contribution in [0.1, 0.15) is 19.3 Å². The smallest absolute Gasteiger partial charge is 0.387 e. The molecule has 2 fully saturated rings. The Hall–Kier alpha value is -1.97. The normalized spacial score (nSPS) is 22.5. The molecule has 156 valence electrons. The van der Waals surface area contributed by atoms with Crippen LogP contribution >= 0.6 is 12.4 Å². The molecule has 0 bridgehead atoms. The van der Waals surface area contributed by atoms with E-state index in [9.17, 15) is 18.4 Å². The van der Waals surface area contributed by atoms with E-state index in [1.807, 2.05) is 0 Å². The van der Waals surface area contributed by atoms with Gasteiger partial charge in [-0.15, -0.1) is 12.4 Å². The first kappa shape index (κ1) is 22.3. The third kappa shape index (κ3) is 6.02. The summed E-state index contributed by atoms with van der Waals surface area (Å²) in [5, 5.41) is 6.01. The Morgan fingerprint density at radius 2 is 2.11 bits per heavy atom. The molecule has 2 aliphatic heterocycles. The lowest BCUT2D eigenvalue weighted by Gasteiger charge is -2.33. The molecule has 0 spiro atoms. The molecular formula is C18H24ClF2N3O4. The molecular weight excluding hydrogens is 396 g/mol. The zero-order valence-electron chi connectivity index (χ0n) is 15.2. The molecule has 2 atom stereocenters. The Bertz CT molecular complexity index is 657. The Labute approximate surface area is 168 Å². The number of benzene rings is 1. The van der Waals surface area contributed by atoms with E-state index < -0.39 is 12.7 Å². The van der Waals surface area contributed by atoms with Crippen LogP contribution in [0.3, 0.4) is 0 Å². The Morgan fingerprint density at radius 1 is 1.36 bits per heavy atom. The molecule has 0 aromatic heterocycles. The van der Waals surface area contributed by atoms with E-state index in [-0.39, 0.29) is 42.4 Å². The summed E-state index contributed by atoms with van der Waals surface area (Å²) in [6.45, 7) is -0.561. The number of ether oxygens (including phenoxy) is 2. The van der Waals surface area contributed by atoms with E-state index in [0.717, 1.165) is 6.42 Å². The van der Waals surface area contributed by atoms with Gasteiger partial charge in [0, 0.05) is 31.2 Å². The van der Waals surface area contributed by atoms with Crippen molar-refractivity contribution in [1.29, 1.82) is 0 Å². The number of alkyl halides is 2. The van der Waals surface area contributed by atoms with E-state index in [1.165, 1.54) is 12.1 Å². The van der Waals surface area contributed by atoms with E-state index in [0.29, 0.717) is 38.4 Å². The predicted molar refractivity (Wildman–Crippen MR) is 101 cm³/mol. The fraction of sp³-hybridized carbons (Fsp3) is 0.556. The summed E-state index contributed by atoms with van der Waals surface area (Å²) in [7, 11) is 0. The molecule has 0 aliphatic carbocycles. The van der Waals surface area contributed by atoms with Gasteiger partial charge >= 0.3 is 6.61 Å². The molecule has 3 rings (SSSR count). The minimum absolute atomic E-state index is 0. The molecule has 1 aromatic rings. The highest BCUT2D eigenvalue weighted by Crippen LogP contribution is 2.24. The van der Waals surface area contributed by atoms with Gasteiger partial charge in [0.1, 0.15) is 11.8 Å². The summed E-state index contributed by atoms with van der Waals surface area (Å²) >= 11 is 0. The van der Waals surface area contributed by atoms with Crippen molar-refractivity contribution in [2.75, 3.05) is 31.2 Å². The van der Waals surface area contributed by atoms with Crippen LogP contribution in [0.5, 0.6) is 5.75 Å². The van der Waals surface area contributed by atoms with Crippen LogP contribution in [-0.4, -0.2) is 56.8 Å². The second kappa shape index (κ2) is 10.5. The van der Waals surface area contributed by atoms with Gasteiger partial charge in [-0.25, -0.2) is 0 Å². The molecule has 2 unspecified atom stereocenters. The van der Waals surface area contributed by atoms with Gasteiger partial charge in [0.25, 0.3) is 0 Å². The van der Waals surface area contributed by atoms with Crippen molar-refractivity contribution in [2.45, 2.75) is 38.0 Å². The van der Waals surface area contributed by atoms with Crippen molar-refractivity contribution in [3.05, 3.63) is 24.3 Å². The van der Waals surface area contributed by atoms with Gasteiger partial charge < -0.3 is 25.0 Å². The van der Waals surface area contributed by atoms with Crippen molar-refractivity contribution in [3.8, 4) is 5.75 Å². The first-order valence-corrected chi connectivity index (χ1v) is 8.99. The number of anilines is 1. The number of morpholine rings is 1. The zero-order chi connectivity index (χ0) is 19.2. The largest absolute Gasteiger partial charge is 0.435 e. The number of piperidine rings is 1. The van der Waals surface area contributed by atoms with Crippen molar-refractivity contribution >= 4 is 29.9 Å². The highest BCUT2D eigenvalue weighted by atomic mass is 35.5. The van der Waals surface area contributed by atoms with E-state index in [4.69, 9.17) is 4.74 Å². The lowest BCUT2D eigenvalue weighted by atomic mass is 10.0. The van der Waals surface area contributed by atoms with Gasteiger partial charge in [-0.3, -0.25) is 9.59 Å². The van der Waals surface area contributed by atoms with Crippen molar-refractivity contribution in [3.63, 3.8) is 0 Å². The Kier molecular flexibility index (Phi) is 8.40. The summed E-state index contributed by atoms with van der Waals surface area (Å²) in [6, 6.07) is 5.27. The first-order valence-electron chi connectivity index (χ1n) is 8.99. The summed E-state index contributed by atoms with van der Waals surface area (Å²) in [5.41, 5.74) is 0.586. The van der Waals surface area contributed by atoms with Gasteiger partial charge in [-0.05, 0) is 37.1 Å². The number of carbonyl (C=O) groups excluding carboxylic acids is 2. The Balaban J connectivity index is 0.00000280. The van der Waals surface area contributed by atoms with Crippen molar-refractivity contribution < 1.29 is 27.8 Å². The van der Waals surface area contributed by atoms with Gasteiger partial charge in [-0.2, -0.15) is 8.78 Å². The molecule has 28 heavy (non-hydrogen) atoms. The van der Waals surface area contributed by atoms with Gasteiger partial charge in [0.2, 0.25) is 11.8 Å². The molecule has 1 aromatic carbocycles. The van der Waals surface area contributed by atoms with Gasteiger partial charge in [0.15, 0.2) is 0 Å². The number of rotatable bonds is 6. The fourth-order valence-electron chi connectivity index (χ4n) is 3.30. The molecule has 0 saturated carbocycles. The van der Waals surface area contributed by atoms with E-state index in [1.54, 1.807) is 17.0 Å². The molecule has 10 heteroatoms. The van der Waals surface area contributed by atoms with Gasteiger partial charge in [-0.1, -0.05) is 0 Å². The summed E-state index contributed by atoms with van der Waals surface area (Å²) < 4.78 is 34.1. The number of nitrogens with one attached hydrogen (secondary N) is 2. The summed E-state index contributed by atoms with van der Waals surface area (Å²) in [6.07, 6.45) is 1.56. The Morgan fingerprint density at radius 3 is 2.75 bits per heavy atom. The molecule has 2 N–H and O–H groups in total. The third-order valence-corrected chi connectivity index (χ3v) is 4.58. The van der Waals surface area contributed by atoms with Crippen LogP contribution in [0.15, 0.2) is 24.3 Å². The summed E-state index contributed by atoms with van der Waals surface area (Å²) in [5.74, 6) is -0.367. The number of hydrogen-bond acceptors (Lipinski definition) is 5. The number of hydrogen-bond donors (Lipinski definition) is 2. The predicted octanol–water partition coefficient (Wildman–Crippen LogP) is 1.70. The maximum atomic E-state index is 12.7. The van der Waals surface area contributed by atoms with Crippen LogP contribution in [0.2, 0.25) is 0 Å². The van der Waals surface area contributed by atoms with Crippen LogP contribution < -0.4 is 20.3 Å². The fourth-order valence-corrected chi connectivity index (χ4v) is 3.30. The minimum Gasteiger partial charge on any atom is -0.435 e. The molecule has 2 heterocycles. The molecule has 7 nitrogen and oxygen atoms in total. The van der Waals surface area contributed by atoms with Crippen molar-refractivity contribution in [1.82, 2.24) is 10.6 Å². The van der Waals surface area contributed by atoms with E-state index in [2.05, 4.69) is 15.4 Å². The monoisotopic (exact) mass is 419 g/mol. The zero-order valence-corrected chi connectivity index (χ0v) is 16.1. The lowest BCUT2D eigenvalue weighted by Crippen LogP contribution is -2.53. The third-order valence-electron chi connectivity index (χ3n) is 4.58. The molecule has 2 amide bonds. The molecule has 0 radical (unpaired) electrons.